The third-order valence-electron chi connectivity index (χ3n) is 3.77. The molecule has 15 heavy (non-hydrogen) atoms. The highest BCUT2D eigenvalue weighted by Gasteiger charge is 2.51. The Labute approximate surface area is 93.0 Å². The van der Waals surface area contributed by atoms with E-state index in [0.29, 0.717) is 5.41 Å². The van der Waals surface area contributed by atoms with Crippen molar-refractivity contribution in [1.82, 2.24) is 4.90 Å². The molecule has 2 fully saturated rings. The fraction of sp³-hybridized carbons (Fsp3) is 0.846. The number of aliphatic hydroxyl groups is 1. The maximum absolute atomic E-state index is 9.83. The average molecular weight is 209 g/mol. The van der Waals surface area contributed by atoms with Crippen molar-refractivity contribution in [2.45, 2.75) is 51.7 Å². The predicted octanol–water partition coefficient (Wildman–Crippen LogP) is 2.19. The van der Waals surface area contributed by atoms with Crippen LogP contribution in [0.5, 0.6) is 0 Å². The van der Waals surface area contributed by atoms with Crippen molar-refractivity contribution in [3.63, 3.8) is 0 Å². The second-order valence-electron chi connectivity index (χ2n) is 6.43. The average Bonchev–Trinajstić information content (AvgIpc) is 2.47. The van der Waals surface area contributed by atoms with Gasteiger partial charge >= 0.3 is 0 Å². The molecule has 2 atom stereocenters. The second-order valence-corrected chi connectivity index (χ2v) is 6.43. The highest BCUT2D eigenvalue weighted by molar-refractivity contribution is 5.27. The van der Waals surface area contributed by atoms with E-state index in [9.17, 15) is 5.11 Å². The van der Waals surface area contributed by atoms with Gasteiger partial charge in [-0.2, -0.15) is 0 Å². The zero-order valence-electron chi connectivity index (χ0n) is 10.2. The summed E-state index contributed by atoms with van der Waals surface area (Å²) in [7, 11) is 0. The van der Waals surface area contributed by atoms with Gasteiger partial charge in [0, 0.05) is 18.6 Å². The summed E-state index contributed by atoms with van der Waals surface area (Å²) in [5, 5.41) is 9.83. The molecule has 0 bridgehead atoms. The Bertz CT molecular complexity index is 279. The van der Waals surface area contributed by atoms with Crippen LogP contribution in [0.2, 0.25) is 0 Å². The molecule has 2 aliphatic heterocycles. The summed E-state index contributed by atoms with van der Waals surface area (Å²) >= 11 is 0. The van der Waals surface area contributed by atoms with Crippen LogP contribution in [-0.4, -0.2) is 34.7 Å². The quantitative estimate of drug-likeness (QED) is 0.669. The van der Waals surface area contributed by atoms with E-state index in [2.05, 4.69) is 32.3 Å². The largest absolute Gasteiger partial charge is 0.392 e. The van der Waals surface area contributed by atoms with Crippen molar-refractivity contribution in [2.75, 3.05) is 13.1 Å². The predicted molar refractivity (Wildman–Crippen MR) is 62.8 cm³/mol. The van der Waals surface area contributed by atoms with E-state index in [1.165, 1.54) is 5.57 Å². The van der Waals surface area contributed by atoms with Crippen LogP contribution < -0.4 is 0 Å². The summed E-state index contributed by atoms with van der Waals surface area (Å²) < 4.78 is 0. The van der Waals surface area contributed by atoms with Crippen LogP contribution in [0.3, 0.4) is 0 Å². The second kappa shape index (κ2) is 3.33. The number of rotatable bonds is 1. The van der Waals surface area contributed by atoms with Crippen LogP contribution in [-0.2, 0) is 0 Å². The van der Waals surface area contributed by atoms with Crippen LogP contribution in [0.15, 0.2) is 12.2 Å². The minimum absolute atomic E-state index is 0.109. The van der Waals surface area contributed by atoms with Crippen molar-refractivity contribution < 1.29 is 5.11 Å². The maximum atomic E-state index is 9.83. The summed E-state index contributed by atoms with van der Waals surface area (Å²) in [5.41, 5.74) is 1.75. The maximum Gasteiger partial charge on any atom is 0.0688 e. The Morgan fingerprint density at radius 2 is 2.20 bits per heavy atom. The van der Waals surface area contributed by atoms with Gasteiger partial charge in [0.2, 0.25) is 0 Å². The molecule has 0 radical (unpaired) electrons. The molecule has 0 aromatic carbocycles. The Balaban J connectivity index is 2.25. The van der Waals surface area contributed by atoms with Gasteiger partial charge in [0.25, 0.3) is 0 Å². The minimum Gasteiger partial charge on any atom is -0.392 e. The Hall–Kier alpha value is -0.340. The third-order valence-corrected chi connectivity index (χ3v) is 3.77. The third kappa shape index (κ3) is 1.85. The lowest BCUT2D eigenvalue weighted by molar-refractivity contribution is 0.155. The zero-order valence-corrected chi connectivity index (χ0v) is 10.2. The molecule has 0 saturated carbocycles. The van der Waals surface area contributed by atoms with E-state index in [1.807, 2.05) is 0 Å². The van der Waals surface area contributed by atoms with E-state index in [0.717, 1.165) is 32.4 Å². The highest BCUT2D eigenvalue weighted by Crippen LogP contribution is 2.48. The summed E-state index contributed by atoms with van der Waals surface area (Å²) in [6, 6.07) is 0. The molecule has 0 spiro atoms. The Morgan fingerprint density at radius 3 is 2.80 bits per heavy atom. The smallest absolute Gasteiger partial charge is 0.0688 e. The van der Waals surface area contributed by atoms with E-state index in [4.69, 9.17) is 0 Å². The summed E-state index contributed by atoms with van der Waals surface area (Å²) in [6.45, 7) is 13.0. The van der Waals surface area contributed by atoms with E-state index < -0.39 is 0 Å². The monoisotopic (exact) mass is 209 g/mol. The van der Waals surface area contributed by atoms with Gasteiger partial charge in [0.05, 0.1) is 6.10 Å². The van der Waals surface area contributed by atoms with E-state index in [-0.39, 0.29) is 11.6 Å². The summed E-state index contributed by atoms with van der Waals surface area (Å²) in [6.07, 6.45) is 2.98. The zero-order chi connectivity index (χ0) is 11.3. The molecule has 0 aromatic rings. The van der Waals surface area contributed by atoms with Crippen molar-refractivity contribution in [3.05, 3.63) is 12.2 Å². The van der Waals surface area contributed by atoms with Crippen molar-refractivity contribution >= 4 is 0 Å². The molecule has 0 aromatic heterocycles. The molecule has 2 rings (SSSR count). The molecule has 2 nitrogen and oxygen atoms in total. The van der Waals surface area contributed by atoms with Crippen molar-refractivity contribution in [1.29, 1.82) is 0 Å². The van der Waals surface area contributed by atoms with Gasteiger partial charge in [-0.25, -0.2) is 0 Å². The lowest BCUT2D eigenvalue weighted by atomic mass is 9.75. The van der Waals surface area contributed by atoms with Crippen LogP contribution in [0, 0.1) is 5.41 Å². The molecule has 2 aliphatic rings. The first-order valence-corrected chi connectivity index (χ1v) is 5.95. The molecule has 2 heteroatoms. The van der Waals surface area contributed by atoms with Gasteiger partial charge in [0.1, 0.15) is 0 Å². The first kappa shape index (κ1) is 11.2. The molecule has 2 heterocycles. The highest BCUT2D eigenvalue weighted by atomic mass is 16.3. The molecule has 1 N–H and O–H groups in total. The van der Waals surface area contributed by atoms with Gasteiger partial charge in [0.15, 0.2) is 0 Å². The SMILES string of the molecule is C=C1CCN2C[C@H](O)C[C@@]12CC(C)(C)C. The van der Waals surface area contributed by atoms with Crippen LogP contribution in [0.25, 0.3) is 0 Å². The van der Waals surface area contributed by atoms with Gasteiger partial charge < -0.3 is 5.11 Å². The van der Waals surface area contributed by atoms with Crippen LogP contribution in [0.1, 0.15) is 40.0 Å². The minimum atomic E-state index is -0.149. The van der Waals surface area contributed by atoms with E-state index >= 15 is 0 Å². The van der Waals surface area contributed by atoms with Gasteiger partial charge in [-0.1, -0.05) is 32.9 Å². The van der Waals surface area contributed by atoms with Gasteiger partial charge in [-0.15, -0.1) is 0 Å². The van der Waals surface area contributed by atoms with Crippen molar-refractivity contribution in [3.8, 4) is 0 Å². The normalized spacial score (nSPS) is 37.3. The Morgan fingerprint density at radius 1 is 1.53 bits per heavy atom. The van der Waals surface area contributed by atoms with Gasteiger partial charge in [-0.05, 0) is 24.7 Å². The van der Waals surface area contributed by atoms with E-state index in [1.54, 1.807) is 0 Å². The molecule has 0 aliphatic carbocycles. The lowest BCUT2D eigenvalue weighted by Crippen LogP contribution is -2.42. The standard InChI is InChI=1S/C13H23NO/c1-10-5-6-14-8-11(15)7-13(10,14)9-12(2,3)4/h11,15H,1,5-9H2,2-4H3/t11-,13-/m1/s1. The molecular formula is C13H23NO. The number of β-amino-alcohol motifs (C(OH)–C–C–N with tert-alkyl or cyclic N) is 1. The van der Waals surface area contributed by atoms with Crippen molar-refractivity contribution in [2.24, 2.45) is 5.41 Å². The van der Waals surface area contributed by atoms with Crippen LogP contribution >= 0.6 is 0 Å². The topological polar surface area (TPSA) is 23.5 Å². The Kier molecular flexibility index (Phi) is 2.47. The molecule has 0 unspecified atom stereocenters. The number of fused-ring (bicyclic) bond motifs is 1. The summed E-state index contributed by atoms with van der Waals surface area (Å²) in [5.74, 6) is 0. The molecule has 86 valence electrons. The fourth-order valence-electron chi connectivity index (χ4n) is 3.37. The number of aliphatic hydroxyl groups excluding tert-OH is 1. The number of hydrogen-bond donors (Lipinski definition) is 1. The molecule has 2 saturated heterocycles. The van der Waals surface area contributed by atoms with Crippen LogP contribution in [0.4, 0.5) is 0 Å². The first-order valence-electron chi connectivity index (χ1n) is 5.95. The number of nitrogens with zero attached hydrogens (tertiary/aromatic N) is 1. The summed E-state index contributed by atoms with van der Waals surface area (Å²) in [4.78, 5) is 2.45. The number of hydrogen-bond acceptors (Lipinski definition) is 2. The fourth-order valence-corrected chi connectivity index (χ4v) is 3.37. The molecular weight excluding hydrogens is 186 g/mol. The lowest BCUT2D eigenvalue weighted by Gasteiger charge is -2.38. The van der Waals surface area contributed by atoms with Gasteiger partial charge in [-0.3, -0.25) is 4.90 Å². The first-order chi connectivity index (χ1) is 6.83. The molecule has 0 amide bonds.